The number of aromatic nitrogens is 4. The minimum Gasteiger partial charge on any atom is -0.304 e. The number of H-pyrrole nitrogens is 1. The molecule has 0 saturated heterocycles. The van der Waals surface area contributed by atoms with Gasteiger partial charge in [-0.25, -0.2) is 0 Å². The number of halogens is 3. The molecule has 0 atom stereocenters. The highest BCUT2D eigenvalue weighted by atomic mass is 35.5. The van der Waals surface area contributed by atoms with E-state index in [0.717, 1.165) is 5.56 Å². The largest absolute Gasteiger partial charge is 0.304 e. The maximum atomic E-state index is 12.5. The summed E-state index contributed by atoms with van der Waals surface area (Å²) in [4.78, 5) is 12.5. The number of rotatable bonds is 5. The Morgan fingerprint density at radius 2 is 1.76 bits per heavy atom. The van der Waals surface area contributed by atoms with E-state index in [1.807, 2.05) is 24.3 Å². The van der Waals surface area contributed by atoms with Crippen LogP contribution in [0.3, 0.4) is 0 Å². The van der Waals surface area contributed by atoms with Gasteiger partial charge >= 0.3 is 0 Å². The van der Waals surface area contributed by atoms with E-state index in [9.17, 15) is 4.79 Å². The molecule has 146 valence electrons. The van der Waals surface area contributed by atoms with Crippen molar-refractivity contribution in [2.75, 3.05) is 5.32 Å². The molecule has 6 nitrogen and oxygen atoms in total. The van der Waals surface area contributed by atoms with Gasteiger partial charge in [-0.3, -0.25) is 14.6 Å². The van der Waals surface area contributed by atoms with Crippen LogP contribution in [0.5, 0.6) is 0 Å². The first-order valence-corrected chi connectivity index (χ1v) is 9.71. The van der Waals surface area contributed by atoms with Crippen LogP contribution in [0.2, 0.25) is 15.1 Å². The van der Waals surface area contributed by atoms with Crippen LogP contribution in [-0.2, 0) is 6.54 Å². The zero-order chi connectivity index (χ0) is 20.4. The SMILES string of the molecule is O=C(Nc1ccn(Cc2ccc(Cl)cc2)n1)c1cc(-c2ccc(Cl)cc2Cl)n[nH]1. The van der Waals surface area contributed by atoms with Crippen molar-refractivity contribution in [1.82, 2.24) is 20.0 Å². The van der Waals surface area contributed by atoms with Gasteiger partial charge in [0.1, 0.15) is 5.69 Å². The summed E-state index contributed by atoms with van der Waals surface area (Å²) in [6.07, 6.45) is 1.79. The lowest BCUT2D eigenvalue weighted by atomic mass is 10.1. The summed E-state index contributed by atoms with van der Waals surface area (Å²) in [6.45, 7) is 0.566. The van der Waals surface area contributed by atoms with Gasteiger partial charge in [-0.15, -0.1) is 0 Å². The zero-order valence-corrected chi connectivity index (χ0v) is 17.1. The molecule has 0 saturated carbocycles. The molecule has 0 aliphatic carbocycles. The zero-order valence-electron chi connectivity index (χ0n) is 14.9. The molecule has 2 aromatic carbocycles. The van der Waals surface area contributed by atoms with E-state index in [2.05, 4.69) is 20.6 Å². The van der Waals surface area contributed by atoms with Gasteiger partial charge in [0.25, 0.3) is 5.91 Å². The Morgan fingerprint density at radius 3 is 2.52 bits per heavy atom. The fraction of sp³-hybridized carbons (Fsp3) is 0.0500. The molecule has 0 spiro atoms. The third-order valence-electron chi connectivity index (χ3n) is 4.17. The van der Waals surface area contributed by atoms with Crippen molar-refractivity contribution in [2.45, 2.75) is 6.54 Å². The first kappa shape index (κ1) is 19.5. The number of benzene rings is 2. The molecule has 0 aliphatic heterocycles. The van der Waals surface area contributed by atoms with Crippen LogP contribution in [0, 0.1) is 0 Å². The Labute approximate surface area is 181 Å². The minimum atomic E-state index is -0.356. The minimum absolute atomic E-state index is 0.290. The van der Waals surface area contributed by atoms with E-state index < -0.39 is 0 Å². The van der Waals surface area contributed by atoms with Gasteiger partial charge < -0.3 is 5.32 Å². The molecule has 0 unspecified atom stereocenters. The van der Waals surface area contributed by atoms with Crippen molar-refractivity contribution < 1.29 is 4.79 Å². The third kappa shape index (κ3) is 4.62. The second-order valence-corrected chi connectivity index (χ2v) is 7.55. The number of anilines is 1. The topological polar surface area (TPSA) is 75.6 Å². The van der Waals surface area contributed by atoms with Crippen LogP contribution in [0.1, 0.15) is 16.1 Å². The summed E-state index contributed by atoms with van der Waals surface area (Å²) < 4.78 is 1.73. The summed E-state index contributed by atoms with van der Waals surface area (Å²) in [5, 5.41) is 15.6. The second kappa shape index (κ2) is 8.29. The van der Waals surface area contributed by atoms with E-state index >= 15 is 0 Å². The van der Waals surface area contributed by atoms with Gasteiger partial charge in [0, 0.05) is 27.9 Å². The number of nitrogens with zero attached hydrogens (tertiary/aromatic N) is 3. The van der Waals surface area contributed by atoms with Crippen molar-refractivity contribution in [3.05, 3.63) is 87.1 Å². The molecule has 2 aromatic heterocycles. The predicted molar refractivity (Wildman–Crippen MR) is 115 cm³/mol. The van der Waals surface area contributed by atoms with Crippen molar-refractivity contribution in [3.8, 4) is 11.3 Å². The molecule has 4 aromatic rings. The van der Waals surface area contributed by atoms with Crippen molar-refractivity contribution >= 4 is 46.5 Å². The first-order chi connectivity index (χ1) is 14.0. The Bertz CT molecular complexity index is 1170. The number of amides is 1. The molecular weight excluding hydrogens is 433 g/mol. The first-order valence-electron chi connectivity index (χ1n) is 8.58. The van der Waals surface area contributed by atoms with Crippen LogP contribution < -0.4 is 5.32 Å². The lowest BCUT2D eigenvalue weighted by Crippen LogP contribution is -2.13. The number of hydrogen-bond acceptors (Lipinski definition) is 3. The van der Waals surface area contributed by atoms with Crippen LogP contribution in [0.25, 0.3) is 11.3 Å². The highest BCUT2D eigenvalue weighted by molar-refractivity contribution is 6.36. The Morgan fingerprint density at radius 1 is 1.00 bits per heavy atom. The smallest absolute Gasteiger partial charge is 0.274 e. The standard InChI is InChI=1S/C20H14Cl3N5O/c21-13-3-1-12(2-4-13)11-28-8-7-19(27-28)24-20(29)18-10-17(25-26-18)15-6-5-14(22)9-16(15)23/h1-10H,11H2,(H,25,26)(H,24,27,29). The summed E-state index contributed by atoms with van der Waals surface area (Å²) in [5.41, 5.74) is 2.57. The Hall–Kier alpha value is -2.80. The average Bonchev–Trinajstić information content (AvgIpc) is 3.33. The summed E-state index contributed by atoms with van der Waals surface area (Å²) in [7, 11) is 0. The lowest BCUT2D eigenvalue weighted by molar-refractivity contribution is 0.102. The van der Waals surface area contributed by atoms with E-state index in [-0.39, 0.29) is 5.91 Å². The molecule has 0 bridgehead atoms. The van der Waals surface area contributed by atoms with Crippen molar-refractivity contribution in [1.29, 1.82) is 0 Å². The fourth-order valence-corrected chi connectivity index (χ4v) is 3.38. The molecule has 9 heteroatoms. The molecule has 2 N–H and O–H groups in total. The molecule has 29 heavy (non-hydrogen) atoms. The molecule has 0 radical (unpaired) electrons. The van der Waals surface area contributed by atoms with Gasteiger partial charge in [0.15, 0.2) is 5.82 Å². The van der Waals surface area contributed by atoms with Crippen molar-refractivity contribution in [2.24, 2.45) is 0 Å². The van der Waals surface area contributed by atoms with Gasteiger partial charge in [-0.05, 0) is 42.0 Å². The van der Waals surface area contributed by atoms with E-state index in [0.29, 0.717) is 44.4 Å². The highest BCUT2D eigenvalue weighted by Gasteiger charge is 2.14. The number of carbonyl (C=O) groups is 1. The lowest BCUT2D eigenvalue weighted by Gasteiger charge is -2.02. The average molecular weight is 447 g/mol. The fourth-order valence-electron chi connectivity index (χ4n) is 2.75. The second-order valence-electron chi connectivity index (χ2n) is 6.27. The maximum absolute atomic E-state index is 12.5. The van der Waals surface area contributed by atoms with Crippen molar-refractivity contribution in [3.63, 3.8) is 0 Å². The van der Waals surface area contributed by atoms with E-state index in [4.69, 9.17) is 34.8 Å². The highest BCUT2D eigenvalue weighted by Crippen LogP contribution is 2.29. The van der Waals surface area contributed by atoms with Crippen LogP contribution >= 0.6 is 34.8 Å². The molecule has 0 fully saturated rings. The quantitative estimate of drug-likeness (QED) is 0.423. The molecule has 4 rings (SSSR count). The molecule has 0 aliphatic rings. The van der Waals surface area contributed by atoms with E-state index in [1.165, 1.54) is 0 Å². The number of nitrogens with one attached hydrogen (secondary N) is 2. The molecule has 2 heterocycles. The summed E-state index contributed by atoms with van der Waals surface area (Å²) >= 11 is 18.0. The van der Waals surface area contributed by atoms with Crippen LogP contribution in [0.4, 0.5) is 5.82 Å². The van der Waals surface area contributed by atoms with Gasteiger partial charge in [-0.1, -0.05) is 46.9 Å². The van der Waals surface area contributed by atoms with Gasteiger partial charge in [-0.2, -0.15) is 10.2 Å². The van der Waals surface area contributed by atoms with Crippen LogP contribution in [-0.4, -0.2) is 25.9 Å². The molecular formula is C20H14Cl3N5O. The number of aromatic amines is 1. The van der Waals surface area contributed by atoms with Crippen LogP contribution in [0.15, 0.2) is 60.8 Å². The number of hydrogen-bond donors (Lipinski definition) is 2. The molecule has 1 amide bonds. The van der Waals surface area contributed by atoms with Gasteiger partial charge in [0.05, 0.1) is 17.3 Å². The van der Waals surface area contributed by atoms with Gasteiger partial charge in [0.2, 0.25) is 0 Å². The number of carbonyl (C=O) groups excluding carboxylic acids is 1. The third-order valence-corrected chi connectivity index (χ3v) is 4.97. The Balaban J connectivity index is 1.44. The van der Waals surface area contributed by atoms with E-state index in [1.54, 1.807) is 41.2 Å². The Kier molecular flexibility index (Phi) is 5.58. The summed E-state index contributed by atoms with van der Waals surface area (Å²) in [5.74, 6) is 0.0789. The normalized spacial score (nSPS) is 10.9. The summed E-state index contributed by atoms with van der Waals surface area (Å²) in [6, 6.07) is 15.9. The maximum Gasteiger partial charge on any atom is 0.274 e. The predicted octanol–water partition coefficient (Wildman–Crippen LogP) is 5.53. The monoisotopic (exact) mass is 445 g/mol.